The topological polar surface area (TPSA) is 26.3 Å². The second-order valence-corrected chi connectivity index (χ2v) is 24.9. The minimum atomic E-state index is 0.0697. The molecule has 0 bridgehead atoms. The molecule has 17 aliphatic rings. The molecule has 28 unspecified atom stereocenters. The number of benzene rings is 1. The molecule has 2 nitrogen and oxygen atoms in total. The number of fused-ring (bicyclic) bond motifs is 1. The van der Waals surface area contributed by atoms with E-state index in [0.717, 1.165) is 173 Å². The molecule has 17 aliphatic carbocycles. The van der Waals surface area contributed by atoms with Crippen LogP contribution in [0, 0.1) is 159 Å². The SMILES string of the molecule is CCCCOC(=O)CCCC1(c2ccccc2)C2C3CC4CC5=CC6CC7CC8CC9CC%10=CC21C1C%10C2C9C9C%10C%11=C(C6C6C5C4C4C3C1C(C%102)C4C%116)C7C89. The van der Waals surface area contributed by atoms with E-state index in [1.165, 1.54) is 19.3 Å². The summed E-state index contributed by atoms with van der Waals surface area (Å²) in [5, 5.41) is 0. The summed E-state index contributed by atoms with van der Waals surface area (Å²) in [4.78, 5) is 13.3. The molecule has 13 saturated carbocycles. The third-order valence-corrected chi connectivity index (χ3v) is 25.1. The van der Waals surface area contributed by atoms with Gasteiger partial charge in [0.25, 0.3) is 0 Å². The number of esters is 1. The average Bonchev–Trinajstić information content (AvgIpc) is 3.89. The monoisotopic (exact) mass is 740 g/mol. The van der Waals surface area contributed by atoms with Crippen LogP contribution in [0.4, 0.5) is 0 Å². The van der Waals surface area contributed by atoms with Crippen molar-refractivity contribution in [1.82, 2.24) is 0 Å². The first-order valence-corrected chi connectivity index (χ1v) is 25.0. The van der Waals surface area contributed by atoms with Gasteiger partial charge in [-0.1, -0.05) is 78.1 Å². The van der Waals surface area contributed by atoms with E-state index in [0.29, 0.717) is 18.4 Å². The number of ether oxygens (including phenoxy) is 1. The quantitative estimate of drug-likeness (QED) is 0.151. The lowest BCUT2D eigenvalue weighted by molar-refractivity contribution is -0.143. The third-order valence-electron chi connectivity index (χ3n) is 25.1. The van der Waals surface area contributed by atoms with Crippen LogP contribution in [0.5, 0.6) is 0 Å². The van der Waals surface area contributed by atoms with E-state index >= 15 is 0 Å². The molecule has 18 rings (SSSR count). The lowest BCUT2D eigenvalue weighted by atomic mass is 9.44. The Kier molecular flexibility index (Phi) is 4.82. The number of allylic oxidation sites excluding steroid dienone is 6. The third kappa shape index (κ3) is 2.64. The van der Waals surface area contributed by atoms with Crippen molar-refractivity contribution in [2.45, 2.75) is 83.0 Å². The van der Waals surface area contributed by atoms with Gasteiger partial charge in [0.05, 0.1) is 6.61 Å². The van der Waals surface area contributed by atoms with Crippen molar-refractivity contribution < 1.29 is 9.53 Å². The van der Waals surface area contributed by atoms with E-state index in [9.17, 15) is 4.79 Å². The standard InChI is InChI=1S/C54H60O2/c1-2-3-12-56-30(55)10-7-11-53(28-8-5-4-6-9-28)52-29-19-26-17-23-15-24-14-21-13-22-16-25-18-27-20-54(52,53)51-37(27)42-36(25)41-32(22)31(21)39-35(24)40-33(23)34(26)43-38(29)50(51)49-47(42)45(41)44(39)46(40)48(43)49/h4-6,8-9,15,20-22,24-26,29,31-38,40-43,45-52H,2-3,7,10-14,16-19H2,1H3. The predicted molar refractivity (Wildman–Crippen MR) is 212 cm³/mol. The van der Waals surface area contributed by atoms with Crippen molar-refractivity contribution in [2.24, 2.45) is 159 Å². The van der Waals surface area contributed by atoms with E-state index < -0.39 is 0 Å². The van der Waals surface area contributed by atoms with Gasteiger partial charge >= 0.3 is 5.97 Å². The van der Waals surface area contributed by atoms with Gasteiger partial charge in [-0.05, 0) is 217 Å². The van der Waals surface area contributed by atoms with Crippen molar-refractivity contribution in [3.05, 3.63) is 70.3 Å². The lowest BCUT2D eigenvalue weighted by Gasteiger charge is -2.60. The van der Waals surface area contributed by atoms with Crippen LogP contribution in [0.15, 0.2) is 64.8 Å². The van der Waals surface area contributed by atoms with Gasteiger partial charge in [0.1, 0.15) is 0 Å². The summed E-state index contributed by atoms with van der Waals surface area (Å²) in [7, 11) is 0. The van der Waals surface area contributed by atoms with Crippen LogP contribution in [-0.4, -0.2) is 12.6 Å². The fourth-order valence-electron chi connectivity index (χ4n) is 26.1. The van der Waals surface area contributed by atoms with Crippen molar-refractivity contribution in [2.75, 3.05) is 6.61 Å². The summed E-state index contributed by atoms with van der Waals surface area (Å²) >= 11 is 0. The van der Waals surface area contributed by atoms with Gasteiger partial charge < -0.3 is 4.74 Å². The highest BCUT2D eigenvalue weighted by molar-refractivity contribution is 5.69. The molecule has 56 heavy (non-hydrogen) atoms. The first kappa shape index (κ1) is 30.0. The summed E-state index contributed by atoms with van der Waals surface area (Å²) in [6.07, 6.45) is 20.5. The van der Waals surface area contributed by atoms with E-state index in [2.05, 4.69) is 66.1 Å². The normalized spacial score (nSPS) is 65.6. The number of carbonyl (C=O) groups excluding carboxylic acids is 1. The molecule has 0 radical (unpaired) electrons. The molecular formula is C54H60O2. The van der Waals surface area contributed by atoms with E-state index in [1.54, 1.807) is 31.2 Å². The summed E-state index contributed by atoms with van der Waals surface area (Å²) in [6, 6.07) is 12.3. The van der Waals surface area contributed by atoms with Gasteiger partial charge in [-0.2, -0.15) is 0 Å². The van der Waals surface area contributed by atoms with Crippen molar-refractivity contribution >= 4 is 5.97 Å². The number of carbonyl (C=O) groups is 1. The number of hydrogen-bond acceptors (Lipinski definition) is 2. The van der Waals surface area contributed by atoms with Crippen LogP contribution in [-0.2, 0) is 14.9 Å². The highest BCUT2D eigenvalue weighted by Gasteiger charge is 2.93. The van der Waals surface area contributed by atoms with E-state index in [4.69, 9.17) is 4.74 Å². The lowest BCUT2D eigenvalue weighted by Crippen LogP contribution is -2.56. The maximum Gasteiger partial charge on any atom is 0.305 e. The molecule has 0 amide bonds. The number of rotatable bonds is 8. The first-order valence-electron chi connectivity index (χ1n) is 25.0. The summed E-state index contributed by atoms with van der Waals surface area (Å²) in [6.45, 7) is 2.80. The maximum absolute atomic E-state index is 13.3. The van der Waals surface area contributed by atoms with Crippen LogP contribution in [0.1, 0.15) is 83.1 Å². The minimum Gasteiger partial charge on any atom is -0.466 e. The summed E-state index contributed by atoms with van der Waals surface area (Å²) < 4.78 is 5.84. The smallest absolute Gasteiger partial charge is 0.305 e. The van der Waals surface area contributed by atoms with Gasteiger partial charge in [-0.15, -0.1) is 0 Å². The van der Waals surface area contributed by atoms with Crippen molar-refractivity contribution in [1.29, 1.82) is 0 Å². The molecule has 0 heterocycles. The highest BCUT2D eigenvalue weighted by Crippen LogP contribution is 2.97. The van der Waals surface area contributed by atoms with Crippen molar-refractivity contribution in [3.63, 3.8) is 0 Å². The Balaban J connectivity index is 0.894. The number of hydrogen-bond donors (Lipinski definition) is 0. The molecule has 0 aliphatic heterocycles. The van der Waals surface area contributed by atoms with Crippen LogP contribution in [0.3, 0.4) is 0 Å². The molecule has 2 heteroatoms. The zero-order valence-electron chi connectivity index (χ0n) is 33.4. The van der Waals surface area contributed by atoms with E-state index in [-0.39, 0.29) is 11.4 Å². The van der Waals surface area contributed by atoms with Crippen LogP contribution >= 0.6 is 0 Å². The maximum atomic E-state index is 13.3. The predicted octanol–water partition coefficient (Wildman–Crippen LogP) is 10.2. The van der Waals surface area contributed by atoms with Gasteiger partial charge in [0.15, 0.2) is 0 Å². The Morgan fingerprint density at radius 3 is 2.32 bits per heavy atom. The Morgan fingerprint density at radius 1 is 0.661 bits per heavy atom. The second kappa shape index (κ2) is 8.99. The molecule has 1 spiro atoms. The Labute approximate surface area is 333 Å². The first-order chi connectivity index (χ1) is 27.7. The van der Waals surface area contributed by atoms with Gasteiger partial charge in [0, 0.05) is 17.3 Å². The fourth-order valence-corrected chi connectivity index (χ4v) is 26.1. The fraction of sp³-hybridized carbons (Fsp3) is 0.759. The zero-order chi connectivity index (χ0) is 35.6. The van der Waals surface area contributed by atoms with Crippen LogP contribution in [0.2, 0.25) is 0 Å². The molecule has 288 valence electrons. The second-order valence-electron chi connectivity index (χ2n) is 24.9. The molecule has 1 aromatic rings. The minimum absolute atomic E-state index is 0.0697. The molecule has 0 N–H and O–H groups in total. The van der Waals surface area contributed by atoms with Gasteiger partial charge in [-0.25, -0.2) is 0 Å². The summed E-state index contributed by atoms with van der Waals surface area (Å²) in [5.74, 6) is 26.0. The molecule has 0 aromatic heterocycles. The van der Waals surface area contributed by atoms with Gasteiger partial charge in [0.2, 0.25) is 0 Å². The molecule has 28 atom stereocenters. The molecular weight excluding hydrogens is 681 g/mol. The number of unbranched alkanes of at least 4 members (excludes halogenated alkanes) is 1. The van der Waals surface area contributed by atoms with Crippen LogP contribution < -0.4 is 0 Å². The summed E-state index contributed by atoms with van der Waals surface area (Å²) in [5.41, 5.74) is 10.9. The highest BCUT2D eigenvalue weighted by atomic mass is 16.5. The Bertz CT molecular complexity index is 2210. The molecule has 1 aromatic carbocycles. The molecule has 13 fully saturated rings. The van der Waals surface area contributed by atoms with Crippen LogP contribution in [0.25, 0.3) is 0 Å². The molecule has 0 saturated heterocycles. The largest absolute Gasteiger partial charge is 0.466 e. The van der Waals surface area contributed by atoms with E-state index in [1.807, 2.05) is 5.57 Å². The zero-order valence-corrected chi connectivity index (χ0v) is 33.4. The average molecular weight is 741 g/mol. The Hall–Kier alpha value is -2.09. The van der Waals surface area contributed by atoms with Gasteiger partial charge in [-0.3, -0.25) is 4.79 Å². The Morgan fingerprint density at radius 2 is 1.41 bits per heavy atom. The van der Waals surface area contributed by atoms with Crippen molar-refractivity contribution in [3.8, 4) is 0 Å².